The Kier molecular flexibility index (Phi) is 1.81. The summed E-state index contributed by atoms with van der Waals surface area (Å²) in [5.41, 5.74) is 6.98. The van der Waals surface area contributed by atoms with Gasteiger partial charge in [-0.1, -0.05) is 5.92 Å². The molecular formula is C10H10. The monoisotopic (exact) mass is 130 g/mol. The van der Waals surface area contributed by atoms with Gasteiger partial charge in [-0.3, -0.25) is 0 Å². The average molecular weight is 130 g/mol. The molecule has 0 heterocycles. The molecule has 1 aliphatic rings. The zero-order valence-corrected chi connectivity index (χ0v) is 6.36. The van der Waals surface area contributed by atoms with Crippen molar-refractivity contribution in [2.45, 2.75) is 20.3 Å². The summed E-state index contributed by atoms with van der Waals surface area (Å²) < 4.78 is 0. The molecule has 10 heavy (non-hydrogen) atoms. The summed E-state index contributed by atoms with van der Waals surface area (Å²) in [6.07, 6.45) is 7.94. The van der Waals surface area contributed by atoms with Gasteiger partial charge in [0.1, 0.15) is 0 Å². The molecule has 0 aliphatic heterocycles. The molecule has 0 aromatic carbocycles. The van der Waals surface area contributed by atoms with Crippen molar-refractivity contribution in [3.8, 4) is 12.3 Å². The number of hydrogen-bond acceptors (Lipinski definition) is 0. The van der Waals surface area contributed by atoms with E-state index in [4.69, 9.17) is 6.42 Å². The third kappa shape index (κ3) is 1.65. The molecule has 0 aromatic heterocycles. The first kappa shape index (κ1) is 6.93. The second-order valence-corrected chi connectivity index (χ2v) is 2.62. The average Bonchev–Trinajstić information content (AvgIpc) is 2.47. The van der Waals surface area contributed by atoms with Crippen molar-refractivity contribution in [1.29, 1.82) is 0 Å². The zero-order chi connectivity index (χ0) is 7.56. The van der Waals surface area contributed by atoms with Crippen LogP contribution in [0.2, 0.25) is 0 Å². The van der Waals surface area contributed by atoms with Gasteiger partial charge in [0.25, 0.3) is 0 Å². The summed E-state index contributed by atoms with van der Waals surface area (Å²) in [5.74, 6) is 2.50. The molecular weight excluding hydrogens is 120 g/mol. The van der Waals surface area contributed by atoms with Crippen LogP contribution >= 0.6 is 0 Å². The van der Waals surface area contributed by atoms with Gasteiger partial charge in [0, 0.05) is 12.0 Å². The minimum atomic E-state index is 1.04. The summed E-state index contributed by atoms with van der Waals surface area (Å²) in [4.78, 5) is 0. The fraction of sp³-hybridized carbons (Fsp3) is 0.300. The third-order valence-corrected chi connectivity index (χ3v) is 1.29. The van der Waals surface area contributed by atoms with E-state index in [9.17, 15) is 0 Å². The van der Waals surface area contributed by atoms with Gasteiger partial charge in [-0.2, -0.15) is 0 Å². The molecule has 0 aromatic rings. The summed E-state index contributed by atoms with van der Waals surface area (Å²) in [7, 11) is 0. The predicted molar refractivity (Wildman–Crippen MR) is 43.4 cm³/mol. The van der Waals surface area contributed by atoms with Crippen molar-refractivity contribution in [1.82, 2.24) is 0 Å². The van der Waals surface area contributed by atoms with Crippen LogP contribution < -0.4 is 0 Å². The second-order valence-electron chi connectivity index (χ2n) is 2.62. The minimum absolute atomic E-state index is 1.04. The van der Waals surface area contributed by atoms with Crippen LogP contribution in [-0.2, 0) is 0 Å². The summed E-state index contributed by atoms with van der Waals surface area (Å²) >= 11 is 0. The first-order valence-electron chi connectivity index (χ1n) is 3.32. The van der Waals surface area contributed by atoms with E-state index in [0.717, 1.165) is 6.42 Å². The minimum Gasteiger partial charge on any atom is -0.118 e. The molecule has 0 spiro atoms. The maximum absolute atomic E-state index is 5.09. The molecule has 0 N–H and O–H groups in total. The molecule has 0 amide bonds. The Balaban J connectivity index is 2.82. The number of rotatable bonds is 0. The predicted octanol–water partition coefficient (Wildman–Crippen LogP) is 2.44. The largest absolute Gasteiger partial charge is 0.118 e. The normalized spacial score (nSPS) is 18.1. The van der Waals surface area contributed by atoms with Crippen molar-refractivity contribution in [3.05, 3.63) is 28.5 Å². The van der Waals surface area contributed by atoms with Crippen LogP contribution in [0.3, 0.4) is 0 Å². The van der Waals surface area contributed by atoms with Gasteiger partial charge in [-0.15, -0.1) is 12.2 Å². The van der Waals surface area contributed by atoms with Gasteiger partial charge in [0.2, 0.25) is 0 Å². The first-order valence-corrected chi connectivity index (χ1v) is 3.32. The Morgan fingerprint density at radius 2 is 2.30 bits per heavy atom. The Morgan fingerprint density at radius 3 is 2.80 bits per heavy atom. The van der Waals surface area contributed by atoms with Crippen LogP contribution in [0, 0.1) is 12.3 Å². The van der Waals surface area contributed by atoms with Gasteiger partial charge < -0.3 is 0 Å². The summed E-state index contributed by atoms with van der Waals surface area (Å²) in [5, 5.41) is 0. The maximum Gasteiger partial charge on any atom is 0.00664 e. The summed E-state index contributed by atoms with van der Waals surface area (Å²) in [6.45, 7) is 4.08. The number of terminal acetylenes is 1. The van der Waals surface area contributed by atoms with Gasteiger partial charge in [-0.05, 0) is 31.1 Å². The van der Waals surface area contributed by atoms with E-state index < -0.39 is 0 Å². The van der Waals surface area contributed by atoms with Crippen molar-refractivity contribution < 1.29 is 0 Å². The van der Waals surface area contributed by atoms with Crippen molar-refractivity contribution in [2.75, 3.05) is 0 Å². The number of hydrogen-bond donors (Lipinski definition) is 0. The van der Waals surface area contributed by atoms with Crippen molar-refractivity contribution in [2.24, 2.45) is 0 Å². The molecule has 0 heteroatoms. The lowest BCUT2D eigenvalue weighted by Crippen LogP contribution is -1.52. The lowest BCUT2D eigenvalue weighted by atomic mass is 10.3. The highest BCUT2D eigenvalue weighted by atomic mass is 14.2. The summed E-state index contributed by atoms with van der Waals surface area (Å²) in [6, 6.07) is 0. The smallest absolute Gasteiger partial charge is 0.00664 e. The highest BCUT2D eigenvalue weighted by Crippen LogP contribution is 2.35. The Hall–Kier alpha value is -1.18. The van der Waals surface area contributed by atoms with Crippen molar-refractivity contribution in [3.63, 3.8) is 0 Å². The van der Waals surface area contributed by atoms with Crippen LogP contribution in [-0.4, -0.2) is 0 Å². The van der Waals surface area contributed by atoms with E-state index in [1.54, 1.807) is 0 Å². The van der Waals surface area contributed by atoms with Crippen molar-refractivity contribution >= 4 is 0 Å². The van der Waals surface area contributed by atoms with E-state index in [-0.39, 0.29) is 0 Å². The van der Waals surface area contributed by atoms with Crippen LogP contribution in [0.25, 0.3) is 0 Å². The van der Waals surface area contributed by atoms with E-state index in [1.807, 2.05) is 19.9 Å². The standard InChI is InChI=1S/C10H10/c1-4-5-9-7-10(9)6-8(2)3/h1,5H,7H2,2-3H3. The second kappa shape index (κ2) is 2.60. The molecule has 1 aliphatic carbocycles. The van der Waals surface area contributed by atoms with Gasteiger partial charge in [0.15, 0.2) is 0 Å². The van der Waals surface area contributed by atoms with E-state index in [1.165, 1.54) is 16.7 Å². The fourth-order valence-electron chi connectivity index (χ4n) is 0.811. The Bertz CT molecular complexity index is 272. The van der Waals surface area contributed by atoms with Gasteiger partial charge >= 0.3 is 0 Å². The Labute approximate surface area is 61.9 Å². The van der Waals surface area contributed by atoms with Gasteiger partial charge in [-0.25, -0.2) is 0 Å². The van der Waals surface area contributed by atoms with E-state index in [0.29, 0.717) is 0 Å². The van der Waals surface area contributed by atoms with Crippen LogP contribution in [0.15, 0.2) is 28.5 Å². The highest BCUT2D eigenvalue weighted by Gasteiger charge is 2.19. The quantitative estimate of drug-likeness (QED) is 0.349. The molecule has 0 radical (unpaired) electrons. The SMILES string of the molecule is C#CC=C1CC1=C=C(C)C. The molecule has 0 nitrogen and oxygen atoms in total. The molecule has 0 saturated heterocycles. The molecule has 0 unspecified atom stereocenters. The molecule has 0 bridgehead atoms. The lowest BCUT2D eigenvalue weighted by molar-refractivity contribution is 1.40. The zero-order valence-electron chi connectivity index (χ0n) is 6.36. The lowest BCUT2D eigenvalue weighted by Gasteiger charge is -1.72. The van der Waals surface area contributed by atoms with E-state index >= 15 is 0 Å². The molecule has 1 saturated carbocycles. The van der Waals surface area contributed by atoms with Crippen LogP contribution in [0.1, 0.15) is 20.3 Å². The van der Waals surface area contributed by atoms with Crippen LogP contribution in [0.4, 0.5) is 0 Å². The fourth-order valence-corrected chi connectivity index (χ4v) is 0.811. The highest BCUT2D eigenvalue weighted by molar-refractivity contribution is 5.52. The molecule has 1 fully saturated rings. The van der Waals surface area contributed by atoms with Crippen LogP contribution in [0.5, 0.6) is 0 Å². The first-order chi connectivity index (χ1) is 4.74. The third-order valence-electron chi connectivity index (χ3n) is 1.29. The van der Waals surface area contributed by atoms with Gasteiger partial charge in [0.05, 0.1) is 0 Å². The van der Waals surface area contributed by atoms with E-state index in [2.05, 4.69) is 11.7 Å². The Morgan fingerprint density at radius 1 is 1.60 bits per heavy atom. The maximum atomic E-state index is 5.09. The number of allylic oxidation sites excluding steroid dienone is 3. The molecule has 0 atom stereocenters. The topological polar surface area (TPSA) is 0 Å². The molecule has 1 rings (SSSR count). The molecule has 50 valence electrons.